The number of hydrogen-bond acceptors (Lipinski definition) is 1. The molecule has 1 aromatic carbocycles. The second kappa shape index (κ2) is 5.21. The molecule has 0 aromatic heterocycles. The van der Waals surface area contributed by atoms with Crippen LogP contribution in [0.15, 0.2) is 24.3 Å². The van der Waals surface area contributed by atoms with E-state index in [1.165, 1.54) is 12.1 Å². The number of nitrogens with one attached hydrogen (secondary N) is 1. The normalized spacial score (nSPS) is 13.2. The van der Waals surface area contributed by atoms with Crippen molar-refractivity contribution in [3.8, 4) is 0 Å². The van der Waals surface area contributed by atoms with Crippen LogP contribution in [0.3, 0.4) is 0 Å². The summed E-state index contributed by atoms with van der Waals surface area (Å²) in [5.41, 5.74) is -0.518. The smallest absolute Gasteiger partial charge is 0.350 e. The maximum absolute atomic E-state index is 12.3. The summed E-state index contributed by atoms with van der Waals surface area (Å²) in [5, 5.41) is 2.68. The number of halogens is 3. The SMILES string of the molecule is CC[C@@H](C)NC(=O)c1ccc(C(F)(F)F)cc1. The summed E-state index contributed by atoms with van der Waals surface area (Å²) in [7, 11) is 0. The van der Waals surface area contributed by atoms with Crippen molar-refractivity contribution in [2.45, 2.75) is 32.5 Å². The molecular formula is C12H14F3NO. The minimum absolute atomic E-state index is 0.00444. The van der Waals surface area contributed by atoms with E-state index in [0.717, 1.165) is 18.6 Å². The molecule has 17 heavy (non-hydrogen) atoms. The van der Waals surface area contributed by atoms with Crippen LogP contribution in [0, 0.1) is 0 Å². The highest BCUT2D eigenvalue weighted by Crippen LogP contribution is 2.29. The minimum atomic E-state index is -4.37. The summed E-state index contributed by atoms with van der Waals surface area (Å²) < 4.78 is 36.9. The van der Waals surface area contributed by atoms with Gasteiger partial charge in [0.25, 0.3) is 5.91 Å². The first-order valence-corrected chi connectivity index (χ1v) is 5.32. The maximum atomic E-state index is 12.3. The van der Waals surface area contributed by atoms with Crippen LogP contribution < -0.4 is 5.32 Å². The van der Waals surface area contributed by atoms with Crippen molar-refractivity contribution in [1.29, 1.82) is 0 Å². The van der Waals surface area contributed by atoms with Gasteiger partial charge in [-0.3, -0.25) is 4.79 Å². The van der Waals surface area contributed by atoms with Crippen molar-refractivity contribution in [3.63, 3.8) is 0 Å². The molecule has 0 saturated heterocycles. The molecule has 0 radical (unpaired) electrons. The number of benzene rings is 1. The Kier molecular flexibility index (Phi) is 4.15. The largest absolute Gasteiger partial charge is 0.416 e. The van der Waals surface area contributed by atoms with Crippen LogP contribution in [-0.2, 0) is 6.18 Å². The Balaban J connectivity index is 2.78. The fraction of sp³-hybridized carbons (Fsp3) is 0.417. The topological polar surface area (TPSA) is 29.1 Å². The second-order valence-corrected chi connectivity index (χ2v) is 3.86. The highest BCUT2D eigenvalue weighted by atomic mass is 19.4. The van der Waals surface area contributed by atoms with E-state index in [1.54, 1.807) is 0 Å². The van der Waals surface area contributed by atoms with Crippen LogP contribution >= 0.6 is 0 Å². The van der Waals surface area contributed by atoms with Crippen LogP contribution in [0.1, 0.15) is 36.2 Å². The zero-order valence-electron chi connectivity index (χ0n) is 9.64. The van der Waals surface area contributed by atoms with Crippen molar-refractivity contribution in [2.75, 3.05) is 0 Å². The maximum Gasteiger partial charge on any atom is 0.416 e. The van der Waals surface area contributed by atoms with Gasteiger partial charge >= 0.3 is 6.18 Å². The van der Waals surface area contributed by atoms with E-state index in [9.17, 15) is 18.0 Å². The van der Waals surface area contributed by atoms with Crippen molar-refractivity contribution < 1.29 is 18.0 Å². The van der Waals surface area contributed by atoms with Gasteiger partial charge in [0.05, 0.1) is 5.56 Å². The predicted octanol–water partition coefficient (Wildman–Crippen LogP) is 3.23. The fourth-order valence-electron chi connectivity index (χ4n) is 1.22. The first-order chi connectivity index (χ1) is 7.84. The second-order valence-electron chi connectivity index (χ2n) is 3.86. The van der Waals surface area contributed by atoms with Crippen LogP contribution in [0.5, 0.6) is 0 Å². The summed E-state index contributed by atoms with van der Waals surface area (Å²) in [5.74, 6) is -0.354. The van der Waals surface area contributed by atoms with Gasteiger partial charge in [0.15, 0.2) is 0 Å². The number of carbonyl (C=O) groups excluding carboxylic acids is 1. The Hall–Kier alpha value is -1.52. The molecule has 1 rings (SSSR count). The zero-order valence-corrected chi connectivity index (χ0v) is 9.64. The highest BCUT2D eigenvalue weighted by molar-refractivity contribution is 5.94. The molecule has 0 aliphatic rings. The minimum Gasteiger partial charge on any atom is -0.350 e. The number of amides is 1. The van der Waals surface area contributed by atoms with Crippen LogP contribution in [0.2, 0.25) is 0 Å². The molecule has 0 bridgehead atoms. The fourth-order valence-corrected chi connectivity index (χ4v) is 1.22. The molecule has 1 atom stereocenters. The lowest BCUT2D eigenvalue weighted by Crippen LogP contribution is -2.31. The van der Waals surface area contributed by atoms with E-state index in [4.69, 9.17) is 0 Å². The van der Waals surface area contributed by atoms with Gasteiger partial charge in [-0.1, -0.05) is 6.92 Å². The van der Waals surface area contributed by atoms with Gasteiger partial charge in [-0.15, -0.1) is 0 Å². The van der Waals surface area contributed by atoms with Crippen LogP contribution in [0.4, 0.5) is 13.2 Å². The van der Waals surface area contributed by atoms with Gasteiger partial charge in [-0.05, 0) is 37.6 Å². The Morgan fingerprint density at radius 3 is 2.24 bits per heavy atom. The first kappa shape index (κ1) is 13.5. The molecule has 5 heteroatoms. The van der Waals surface area contributed by atoms with Crippen molar-refractivity contribution in [3.05, 3.63) is 35.4 Å². The molecule has 2 nitrogen and oxygen atoms in total. The van der Waals surface area contributed by atoms with Gasteiger partial charge in [0.1, 0.15) is 0 Å². The Labute approximate surface area is 97.8 Å². The molecule has 0 aliphatic heterocycles. The molecule has 0 aliphatic carbocycles. The summed E-state index contributed by atoms with van der Waals surface area (Å²) >= 11 is 0. The third kappa shape index (κ3) is 3.76. The monoisotopic (exact) mass is 245 g/mol. The predicted molar refractivity (Wildman–Crippen MR) is 58.7 cm³/mol. The summed E-state index contributed by atoms with van der Waals surface area (Å²) in [4.78, 5) is 11.6. The molecule has 0 spiro atoms. The average Bonchev–Trinajstić information content (AvgIpc) is 2.27. The molecular weight excluding hydrogens is 231 g/mol. The molecule has 1 amide bonds. The van der Waals surface area contributed by atoms with E-state index in [-0.39, 0.29) is 17.5 Å². The number of hydrogen-bond donors (Lipinski definition) is 1. The van der Waals surface area contributed by atoms with Crippen molar-refractivity contribution in [2.24, 2.45) is 0 Å². The lowest BCUT2D eigenvalue weighted by molar-refractivity contribution is -0.137. The Bertz CT molecular complexity index is 384. The summed E-state index contributed by atoms with van der Waals surface area (Å²) in [6.07, 6.45) is -3.60. The van der Waals surface area contributed by atoms with Crippen LogP contribution in [-0.4, -0.2) is 11.9 Å². The number of carbonyl (C=O) groups is 1. The van der Waals surface area contributed by atoms with Gasteiger partial charge < -0.3 is 5.32 Å². The third-order valence-electron chi connectivity index (χ3n) is 2.46. The van der Waals surface area contributed by atoms with Crippen molar-refractivity contribution in [1.82, 2.24) is 5.32 Å². The molecule has 1 N–H and O–H groups in total. The lowest BCUT2D eigenvalue weighted by Gasteiger charge is -2.12. The van der Waals surface area contributed by atoms with Gasteiger partial charge in [0.2, 0.25) is 0 Å². The van der Waals surface area contributed by atoms with E-state index >= 15 is 0 Å². The molecule has 1 aromatic rings. The Morgan fingerprint density at radius 1 is 1.29 bits per heavy atom. The van der Waals surface area contributed by atoms with E-state index in [1.807, 2.05) is 13.8 Å². The molecule has 0 heterocycles. The quantitative estimate of drug-likeness (QED) is 0.870. The lowest BCUT2D eigenvalue weighted by atomic mass is 10.1. The van der Waals surface area contributed by atoms with E-state index in [0.29, 0.717) is 0 Å². The van der Waals surface area contributed by atoms with E-state index < -0.39 is 11.7 Å². The standard InChI is InChI=1S/C12H14F3NO/c1-3-8(2)16-11(17)9-4-6-10(7-5-9)12(13,14)15/h4-8H,3H2,1-2H3,(H,16,17)/t8-/m1/s1. The molecule has 0 unspecified atom stereocenters. The summed E-state index contributed by atoms with van der Waals surface area (Å²) in [6.45, 7) is 3.75. The van der Waals surface area contributed by atoms with Gasteiger partial charge in [0, 0.05) is 11.6 Å². The molecule has 0 fully saturated rings. The zero-order chi connectivity index (χ0) is 13.1. The number of alkyl halides is 3. The Morgan fingerprint density at radius 2 is 1.82 bits per heavy atom. The third-order valence-corrected chi connectivity index (χ3v) is 2.46. The average molecular weight is 245 g/mol. The van der Waals surface area contributed by atoms with Crippen LogP contribution in [0.25, 0.3) is 0 Å². The van der Waals surface area contributed by atoms with Gasteiger partial charge in [-0.25, -0.2) is 0 Å². The van der Waals surface area contributed by atoms with Crippen molar-refractivity contribution >= 4 is 5.91 Å². The number of rotatable bonds is 3. The molecule has 94 valence electrons. The summed E-state index contributed by atoms with van der Waals surface area (Å²) in [6, 6.07) is 4.18. The first-order valence-electron chi connectivity index (χ1n) is 5.32. The highest BCUT2D eigenvalue weighted by Gasteiger charge is 2.30. The molecule has 0 saturated carbocycles. The van der Waals surface area contributed by atoms with Gasteiger partial charge in [-0.2, -0.15) is 13.2 Å². The van der Waals surface area contributed by atoms with E-state index in [2.05, 4.69) is 5.32 Å².